The van der Waals surface area contributed by atoms with Gasteiger partial charge in [-0.25, -0.2) is 12.7 Å². The molecule has 0 unspecified atom stereocenters. The number of rotatable bonds is 7. The highest BCUT2D eigenvalue weighted by Gasteiger charge is 2.57. The zero-order valence-electron chi connectivity index (χ0n) is 21.8. The number of benzene rings is 1. The van der Waals surface area contributed by atoms with Crippen molar-refractivity contribution in [1.82, 2.24) is 4.31 Å². The van der Waals surface area contributed by atoms with Crippen molar-refractivity contribution in [3.05, 3.63) is 28.8 Å². The topological polar surface area (TPSA) is 80.8 Å². The largest absolute Gasteiger partial charge is 0.469 e. The molecule has 1 aromatic rings. The lowest BCUT2D eigenvalue weighted by Gasteiger charge is -2.41. The summed E-state index contributed by atoms with van der Waals surface area (Å²) in [5.74, 6) is -1.38. The first-order valence-electron chi connectivity index (χ1n) is 12.7. The number of hydrogen-bond acceptors (Lipinski definition) is 5. The van der Waals surface area contributed by atoms with E-state index in [1.165, 1.54) is 11.4 Å². The van der Waals surface area contributed by atoms with E-state index in [1.807, 2.05) is 39.8 Å². The number of carbonyl (C=O) groups excluding carboxylic acids is 2. The van der Waals surface area contributed by atoms with Gasteiger partial charge in [0.05, 0.1) is 29.9 Å². The quantitative estimate of drug-likeness (QED) is 0.446. The van der Waals surface area contributed by atoms with E-state index in [1.54, 1.807) is 0 Å². The van der Waals surface area contributed by atoms with Crippen molar-refractivity contribution >= 4 is 21.9 Å². The molecule has 6 nitrogen and oxygen atoms in total. The van der Waals surface area contributed by atoms with Crippen LogP contribution in [0.25, 0.3) is 0 Å². The Bertz CT molecular complexity index is 1010. The average molecular weight is 492 g/mol. The van der Waals surface area contributed by atoms with Crippen LogP contribution in [0.4, 0.5) is 0 Å². The molecule has 0 bridgehead atoms. The van der Waals surface area contributed by atoms with Crippen LogP contribution in [0.5, 0.6) is 0 Å². The van der Waals surface area contributed by atoms with Crippen molar-refractivity contribution in [2.75, 3.05) is 7.11 Å². The van der Waals surface area contributed by atoms with E-state index in [9.17, 15) is 18.0 Å². The molecule has 1 spiro atoms. The summed E-state index contributed by atoms with van der Waals surface area (Å²) in [7, 11) is -2.84. The average Bonchev–Trinajstić information content (AvgIpc) is 3.03. The number of ether oxygens (including phenoxy) is 1. The summed E-state index contributed by atoms with van der Waals surface area (Å²) >= 11 is 0. The fourth-order valence-corrected chi connectivity index (χ4v) is 8.26. The molecule has 1 aliphatic heterocycles. The molecular weight excluding hydrogens is 450 g/mol. The van der Waals surface area contributed by atoms with E-state index in [-0.39, 0.29) is 24.2 Å². The molecule has 7 heteroatoms. The van der Waals surface area contributed by atoms with Crippen molar-refractivity contribution in [3.8, 4) is 0 Å². The Kier molecular flexibility index (Phi) is 7.86. The first kappa shape index (κ1) is 26.7. The van der Waals surface area contributed by atoms with E-state index in [0.717, 1.165) is 36.0 Å². The zero-order chi connectivity index (χ0) is 25.4. The molecular formula is C27H41NO5S. The predicted octanol–water partition coefficient (Wildman–Crippen LogP) is 5.86. The van der Waals surface area contributed by atoms with Gasteiger partial charge in [0.1, 0.15) is 0 Å². The van der Waals surface area contributed by atoms with Crippen LogP contribution in [0.15, 0.2) is 17.0 Å². The molecule has 3 rings (SSSR count). The van der Waals surface area contributed by atoms with Crippen LogP contribution in [0.2, 0.25) is 0 Å². The van der Waals surface area contributed by atoms with Crippen LogP contribution in [0.1, 0.15) is 121 Å². The van der Waals surface area contributed by atoms with Crippen LogP contribution in [0, 0.1) is 5.92 Å². The Morgan fingerprint density at radius 1 is 1.00 bits per heavy atom. The standard InChI is InChI=1S/C27H41NO5S/c1-17(2)20-13-22(18(3)4)25(23(14-20)19(5)6)34(31,32)28-26(30)21(15-24(29)33-7)16-27(28)11-9-8-10-12-27/h13-14,17-19,21H,8-12,15-16H2,1-7H3/t21-/m1/s1. The van der Waals surface area contributed by atoms with Crippen molar-refractivity contribution < 1.29 is 22.7 Å². The van der Waals surface area contributed by atoms with E-state index in [0.29, 0.717) is 24.2 Å². The molecule has 2 fully saturated rings. The fraction of sp³-hybridized carbons (Fsp3) is 0.704. The van der Waals surface area contributed by atoms with Crippen molar-refractivity contribution in [1.29, 1.82) is 0 Å². The second kappa shape index (κ2) is 10.00. The molecule has 1 aliphatic carbocycles. The van der Waals surface area contributed by atoms with Gasteiger partial charge in [-0.2, -0.15) is 0 Å². The smallest absolute Gasteiger partial charge is 0.306 e. The first-order chi connectivity index (χ1) is 15.9. The summed E-state index contributed by atoms with van der Waals surface area (Å²) in [5, 5.41) is 0. The van der Waals surface area contributed by atoms with Gasteiger partial charge in [-0.05, 0) is 53.7 Å². The molecule has 34 heavy (non-hydrogen) atoms. The van der Waals surface area contributed by atoms with Gasteiger partial charge < -0.3 is 4.74 Å². The van der Waals surface area contributed by atoms with E-state index in [2.05, 4.69) is 13.8 Å². The van der Waals surface area contributed by atoms with Crippen LogP contribution in [0.3, 0.4) is 0 Å². The van der Waals surface area contributed by atoms with Crippen LogP contribution >= 0.6 is 0 Å². The highest BCUT2D eigenvalue weighted by atomic mass is 32.2. The fourth-order valence-electron chi connectivity index (χ4n) is 5.74. The van der Waals surface area contributed by atoms with Crippen LogP contribution < -0.4 is 0 Å². The number of esters is 1. The Labute approximate surface area is 205 Å². The minimum atomic E-state index is -4.13. The van der Waals surface area contributed by atoms with E-state index < -0.39 is 33.4 Å². The normalized spacial score (nSPS) is 20.7. The lowest BCUT2D eigenvalue weighted by atomic mass is 9.78. The number of sulfonamides is 1. The van der Waals surface area contributed by atoms with Gasteiger partial charge in [0.25, 0.3) is 10.0 Å². The first-order valence-corrected chi connectivity index (χ1v) is 14.1. The third-order valence-electron chi connectivity index (χ3n) is 7.61. The highest BCUT2D eigenvalue weighted by molar-refractivity contribution is 7.89. The highest BCUT2D eigenvalue weighted by Crippen LogP contribution is 2.49. The molecule has 0 radical (unpaired) electrons. The number of methoxy groups -OCH3 is 1. The van der Waals surface area contributed by atoms with Gasteiger partial charge in [0.15, 0.2) is 0 Å². The lowest BCUT2D eigenvalue weighted by molar-refractivity contribution is -0.144. The van der Waals surface area contributed by atoms with Crippen molar-refractivity contribution in [3.63, 3.8) is 0 Å². The monoisotopic (exact) mass is 491 g/mol. The molecule has 1 atom stereocenters. The predicted molar refractivity (Wildman–Crippen MR) is 133 cm³/mol. The maximum Gasteiger partial charge on any atom is 0.306 e. The summed E-state index contributed by atoms with van der Waals surface area (Å²) in [5.41, 5.74) is 1.89. The van der Waals surface area contributed by atoms with Gasteiger partial charge in [0, 0.05) is 0 Å². The van der Waals surface area contributed by atoms with E-state index in [4.69, 9.17) is 4.74 Å². The summed E-state index contributed by atoms with van der Waals surface area (Å²) in [6.45, 7) is 12.2. The Balaban J connectivity index is 2.24. The molecule has 0 N–H and O–H groups in total. The minimum absolute atomic E-state index is 0.0214. The third kappa shape index (κ3) is 4.77. The van der Waals surface area contributed by atoms with Gasteiger partial charge in [-0.15, -0.1) is 0 Å². The molecule has 1 aromatic carbocycles. The summed E-state index contributed by atoms with van der Waals surface area (Å²) < 4.78 is 35.1. The van der Waals surface area contributed by atoms with E-state index >= 15 is 0 Å². The van der Waals surface area contributed by atoms with Gasteiger partial charge in [-0.3, -0.25) is 9.59 Å². The molecule has 1 amide bonds. The molecule has 1 heterocycles. The zero-order valence-corrected chi connectivity index (χ0v) is 22.6. The maximum absolute atomic E-state index is 14.5. The van der Waals surface area contributed by atoms with Gasteiger partial charge in [0.2, 0.25) is 5.91 Å². The number of nitrogens with zero attached hydrogens (tertiary/aromatic N) is 1. The number of carbonyl (C=O) groups is 2. The Morgan fingerprint density at radius 2 is 1.53 bits per heavy atom. The summed E-state index contributed by atoms with van der Waals surface area (Å²) in [6, 6.07) is 4.02. The Morgan fingerprint density at radius 3 is 1.97 bits per heavy atom. The molecule has 2 aliphatic rings. The van der Waals surface area contributed by atoms with Crippen molar-refractivity contribution in [2.45, 2.75) is 115 Å². The van der Waals surface area contributed by atoms with Crippen LogP contribution in [-0.2, 0) is 24.3 Å². The number of amides is 1. The maximum atomic E-state index is 14.5. The Hall–Kier alpha value is -1.89. The second-order valence-electron chi connectivity index (χ2n) is 11.1. The summed E-state index contributed by atoms with van der Waals surface area (Å²) in [6.07, 6.45) is 4.39. The SMILES string of the molecule is COC(=O)C[C@@H]1CC2(CCCCC2)N(S(=O)(=O)c2c(C(C)C)cc(C(C)C)cc2C(C)C)C1=O. The lowest BCUT2D eigenvalue weighted by Crippen LogP contribution is -2.50. The summed E-state index contributed by atoms with van der Waals surface area (Å²) in [4.78, 5) is 26.1. The van der Waals surface area contributed by atoms with Gasteiger partial charge >= 0.3 is 5.97 Å². The minimum Gasteiger partial charge on any atom is -0.469 e. The molecule has 1 saturated heterocycles. The van der Waals surface area contributed by atoms with Crippen LogP contribution in [-0.4, -0.2) is 37.2 Å². The molecule has 0 aromatic heterocycles. The third-order valence-corrected chi connectivity index (χ3v) is 9.64. The molecule has 1 saturated carbocycles. The van der Waals surface area contributed by atoms with Crippen molar-refractivity contribution in [2.24, 2.45) is 5.92 Å². The number of hydrogen-bond donors (Lipinski definition) is 0. The second-order valence-corrected chi connectivity index (χ2v) is 12.8. The van der Waals surface area contributed by atoms with Gasteiger partial charge in [-0.1, -0.05) is 72.9 Å². The molecule has 190 valence electrons.